The molecule has 0 N–H and O–H groups in total. The molecule has 1 unspecified atom stereocenters. The summed E-state index contributed by atoms with van der Waals surface area (Å²) in [6.45, 7) is 4.19. The zero-order chi connectivity index (χ0) is 11.7. The zero-order valence-electron chi connectivity index (χ0n) is 9.13. The number of hydrogen-bond acceptors (Lipinski definition) is 1. The molecule has 0 amide bonds. The van der Waals surface area contributed by atoms with Crippen LogP contribution >= 0.6 is 38.9 Å². The van der Waals surface area contributed by atoms with E-state index >= 15 is 0 Å². The van der Waals surface area contributed by atoms with E-state index in [0.717, 1.165) is 9.35 Å². The van der Waals surface area contributed by atoms with Crippen molar-refractivity contribution in [3.8, 4) is 0 Å². The summed E-state index contributed by atoms with van der Waals surface area (Å²) >= 11 is 11.7. The molecule has 0 spiro atoms. The second kappa shape index (κ2) is 4.91. The van der Waals surface area contributed by atoms with Crippen LogP contribution in [0.15, 0.2) is 34.1 Å². The van der Waals surface area contributed by atoms with Crippen LogP contribution in [0, 0.1) is 13.8 Å². The largest absolute Gasteiger partial charge is 0.133 e. The molecule has 3 heteroatoms. The summed E-state index contributed by atoms with van der Waals surface area (Å²) in [6, 6.07) is 10.5. The molecule has 0 nitrogen and oxygen atoms in total. The molecular formula is C13H12BrClS. The van der Waals surface area contributed by atoms with Gasteiger partial charge in [0, 0.05) is 4.88 Å². The number of benzene rings is 1. The molecule has 16 heavy (non-hydrogen) atoms. The Morgan fingerprint density at radius 3 is 2.56 bits per heavy atom. The molecule has 0 fully saturated rings. The van der Waals surface area contributed by atoms with Crippen molar-refractivity contribution >= 4 is 38.9 Å². The Balaban J connectivity index is 2.38. The van der Waals surface area contributed by atoms with E-state index in [1.807, 2.05) is 0 Å². The van der Waals surface area contributed by atoms with Gasteiger partial charge in [-0.25, -0.2) is 0 Å². The van der Waals surface area contributed by atoms with Crippen molar-refractivity contribution in [2.45, 2.75) is 19.2 Å². The topological polar surface area (TPSA) is 0 Å². The maximum atomic E-state index is 6.51. The second-order valence-electron chi connectivity index (χ2n) is 3.84. The van der Waals surface area contributed by atoms with Gasteiger partial charge < -0.3 is 0 Å². The fourth-order valence-electron chi connectivity index (χ4n) is 1.72. The quantitative estimate of drug-likeness (QED) is 0.646. The van der Waals surface area contributed by atoms with E-state index in [-0.39, 0.29) is 5.38 Å². The van der Waals surface area contributed by atoms with Crippen molar-refractivity contribution in [2.24, 2.45) is 0 Å². The van der Waals surface area contributed by atoms with Crippen LogP contribution in [0.2, 0.25) is 0 Å². The van der Waals surface area contributed by atoms with Crippen LogP contribution in [0.5, 0.6) is 0 Å². The Morgan fingerprint density at radius 2 is 2.00 bits per heavy atom. The predicted octanol–water partition coefficient (Wildman–Crippen LogP) is 5.46. The van der Waals surface area contributed by atoms with E-state index in [4.69, 9.17) is 11.6 Å². The lowest BCUT2D eigenvalue weighted by atomic mass is 10.0. The van der Waals surface area contributed by atoms with Gasteiger partial charge in [-0.05, 0) is 47.0 Å². The molecule has 84 valence electrons. The highest BCUT2D eigenvalue weighted by Gasteiger charge is 2.15. The normalized spacial score (nSPS) is 12.8. The Morgan fingerprint density at radius 1 is 1.25 bits per heavy atom. The average molecular weight is 316 g/mol. The predicted molar refractivity (Wildman–Crippen MR) is 75.6 cm³/mol. The minimum atomic E-state index is -0.0533. The van der Waals surface area contributed by atoms with Gasteiger partial charge in [0.25, 0.3) is 0 Å². The Bertz CT molecular complexity index is 504. The van der Waals surface area contributed by atoms with Gasteiger partial charge >= 0.3 is 0 Å². The molecule has 0 saturated carbocycles. The third-order valence-electron chi connectivity index (χ3n) is 2.53. The van der Waals surface area contributed by atoms with Crippen molar-refractivity contribution in [1.29, 1.82) is 0 Å². The molecule has 0 radical (unpaired) electrons. The Hall–Kier alpha value is -0.310. The fraction of sp³-hybridized carbons (Fsp3) is 0.231. The van der Waals surface area contributed by atoms with Crippen molar-refractivity contribution in [1.82, 2.24) is 0 Å². The van der Waals surface area contributed by atoms with Gasteiger partial charge in [0.1, 0.15) is 0 Å². The van der Waals surface area contributed by atoms with Gasteiger partial charge in [-0.3, -0.25) is 0 Å². The molecule has 0 aliphatic rings. The Kier molecular flexibility index (Phi) is 3.73. The van der Waals surface area contributed by atoms with Crippen LogP contribution in [-0.4, -0.2) is 0 Å². The van der Waals surface area contributed by atoms with Crippen molar-refractivity contribution in [3.05, 3.63) is 55.7 Å². The van der Waals surface area contributed by atoms with Crippen LogP contribution in [0.25, 0.3) is 0 Å². The van der Waals surface area contributed by atoms with Gasteiger partial charge in [0.15, 0.2) is 0 Å². The summed E-state index contributed by atoms with van der Waals surface area (Å²) in [5.74, 6) is 0. The van der Waals surface area contributed by atoms with Crippen LogP contribution < -0.4 is 0 Å². The van der Waals surface area contributed by atoms with Crippen molar-refractivity contribution in [2.75, 3.05) is 0 Å². The van der Waals surface area contributed by atoms with E-state index in [9.17, 15) is 0 Å². The summed E-state index contributed by atoms with van der Waals surface area (Å²) in [5.41, 5.74) is 3.61. The SMILES string of the molecule is Cc1cccc(C(Cl)c2cc(Br)sc2C)c1. The van der Waals surface area contributed by atoms with E-state index in [2.05, 4.69) is 60.1 Å². The number of rotatable bonds is 2. The summed E-state index contributed by atoms with van der Waals surface area (Å²) in [7, 11) is 0. The molecule has 1 aromatic heterocycles. The fourth-order valence-corrected chi connectivity index (χ4v) is 3.89. The molecule has 1 heterocycles. The van der Waals surface area contributed by atoms with Gasteiger partial charge in [0.2, 0.25) is 0 Å². The smallest absolute Gasteiger partial charge is 0.0846 e. The zero-order valence-corrected chi connectivity index (χ0v) is 12.3. The van der Waals surface area contributed by atoms with E-state index in [1.54, 1.807) is 11.3 Å². The van der Waals surface area contributed by atoms with E-state index in [1.165, 1.54) is 16.0 Å². The number of thiophene rings is 1. The summed E-state index contributed by atoms with van der Waals surface area (Å²) in [6.07, 6.45) is 0. The monoisotopic (exact) mass is 314 g/mol. The van der Waals surface area contributed by atoms with Crippen LogP contribution in [-0.2, 0) is 0 Å². The number of halogens is 2. The van der Waals surface area contributed by atoms with Crippen LogP contribution in [0.1, 0.15) is 26.9 Å². The standard InChI is InChI=1S/C13H12BrClS/c1-8-4-3-5-10(6-8)13(15)11-7-12(14)16-9(11)2/h3-7,13H,1-2H3. The molecular weight excluding hydrogens is 304 g/mol. The molecule has 1 aromatic carbocycles. The number of aryl methyl sites for hydroxylation is 2. The molecule has 2 aromatic rings. The first-order valence-corrected chi connectivity index (χ1v) is 7.09. The van der Waals surface area contributed by atoms with E-state index in [0.29, 0.717) is 0 Å². The summed E-state index contributed by atoms with van der Waals surface area (Å²) in [5, 5.41) is -0.0533. The molecule has 0 bridgehead atoms. The average Bonchev–Trinajstić information content (AvgIpc) is 2.57. The summed E-state index contributed by atoms with van der Waals surface area (Å²) < 4.78 is 1.14. The lowest BCUT2D eigenvalue weighted by Crippen LogP contribution is -1.93. The highest BCUT2D eigenvalue weighted by atomic mass is 79.9. The first-order chi connectivity index (χ1) is 7.58. The van der Waals surface area contributed by atoms with Crippen LogP contribution in [0.4, 0.5) is 0 Å². The highest BCUT2D eigenvalue weighted by molar-refractivity contribution is 9.11. The third-order valence-corrected chi connectivity index (χ3v) is 4.59. The van der Waals surface area contributed by atoms with Crippen LogP contribution in [0.3, 0.4) is 0 Å². The minimum Gasteiger partial charge on any atom is -0.133 e. The van der Waals surface area contributed by atoms with Crippen molar-refractivity contribution in [3.63, 3.8) is 0 Å². The maximum Gasteiger partial charge on any atom is 0.0846 e. The molecule has 0 aliphatic heterocycles. The van der Waals surface area contributed by atoms with Crippen molar-refractivity contribution < 1.29 is 0 Å². The second-order valence-corrected chi connectivity index (χ2v) is 6.91. The van der Waals surface area contributed by atoms with Gasteiger partial charge in [-0.1, -0.05) is 29.8 Å². The van der Waals surface area contributed by atoms with Gasteiger partial charge in [-0.15, -0.1) is 22.9 Å². The first kappa shape index (κ1) is 12.2. The third kappa shape index (κ3) is 2.50. The molecule has 0 aliphatic carbocycles. The lowest BCUT2D eigenvalue weighted by molar-refractivity contribution is 1.13. The number of alkyl halides is 1. The van der Waals surface area contributed by atoms with E-state index < -0.39 is 0 Å². The lowest BCUT2D eigenvalue weighted by Gasteiger charge is -2.10. The Labute approximate surface area is 113 Å². The summed E-state index contributed by atoms with van der Waals surface area (Å²) in [4.78, 5) is 1.27. The van der Waals surface area contributed by atoms with Gasteiger partial charge in [-0.2, -0.15) is 0 Å². The first-order valence-electron chi connectivity index (χ1n) is 5.04. The molecule has 0 saturated heterocycles. The maximum absolute atomic E-state index is 6.51. The molecule has 2 rings (SSSR count). The van der Waals surface area contributed by atoms with Gasteiger partial charge in [0.05, 0.1) is 9.16 Å². The highest BCUT2D eigenvalue weighted by Crippen LogP contribution is 2.37. The minimum absolute atomic E-state index is 0.0533. The molecule has 1 atom stereocenters. The number of hydrogen-bond donors (Lipinski definition) is 0.